The van der Waals surface area contributed by atoms with Gasteiger partial charge < -0.3 is 4.90 Å². The van der Waals surface area contributed by atoms with Crippen molar-refractivity contribution in [1.82, 2.24) is 9.91 Å². The average Bonchev–Trinajstić information content (AvgIpc) is 2.38. The molecule has 1 heterocycles. The summed E-state index contributed by atoms with van der Waals surface area (Å²) in [7, 11) is 2.08. The number of ketones is 1. The maximum absolute atomic E-state index is 11.8. The largest absolute Gasteiger partial charge is 0.303 e. The molecule has 0 spiro atoms. The smallest absolute Gasteiger partial charge is 0.205 e. The van der Waals surface area contributed by atoms with E-state index < -0.39 is 0 Å². The van der Waals surface area contributed by atoms with Crippen LogP contribution in [0, 0.1) is 0 Å². The second kappa shape index (κ2) is 5.98. The number of carbonyl (C=O) groups excluding carboxylic acids is 1. The summed E-state index contributed by atoms with van der Waals surface area (Å²) in [6.07, 6.45) is 1.38. The molecule has 1 aliphatic rings. The second-order valence-corrected chi connectivity index (χ2v) is 4.81. The van der Waals surface area contributed by atoms with Crippen molar-refractivity contribution < 1.29 is 4.79 Å². The molecule has 5 heteroatoms. The van der Waals surface area contributed by atoms with Gasteiger partial charge in [-0.25, -0.2) is 0 Å². The maximum atomic E-state index is 11.8. The zero-order valence-corrected chi connectivity index (χ0v) is 11.1. The van der Waals surface area contributed by atoms with Crippen molar-refractivity contribution in [2.24, 2.45) is 5.10 Å². The summed E-state index contributed by atoms with van der Waals surface area (Å²) in [5.41, 5.74) is 0.609. The summed E-state index contributed by atoms with van der Waals surface area (Å²) in [6, 6.07) is 6.83. The first kappa shape index (κ1) is 13.1. The second-order valence-electron chi connectivity index (χ2n) is 4.37. The number of hydrogen-bond donors (Lipinski definition) is 0. The van der Waals surface area contributed by atoms with Gasteiger partial charge in [0.25, 0.3) is 0 Å². The highest BCUT2D eigenvalue weighted by atomic mass is 35.5. The number of likely N-dealkylation sites (N-methyl/N-ethyl adjacent to an activating group) is 1. The molecular formula is C13H16ClN3O. The molecule has 0 unspecified atom stereocenters. The van der Waals surface area contributed by atoms with Crippen LogP contribution in [0.15, 0.2) is 29.4 Å². The summed E-state index contributed by atoms with van der Waals surface area (Å²) < 4.78 is 0. The maximum Gasteiger partial charge on any atom is 0.205 e. The van der Waals surface area contributed by atoms with Gasteiger partial charge in [-0.05, 0) is 31.3 Å². The molecule has 0 saturated carbocycles. The van der Waals surface area contributed by atoms with Crippen molar-refractivity contribution in [2.75, 3.05) is 33.2 Å². The molecule has 1 aromatic carbocycles. The number of piperazine rings is 1. The summed E-state index contributed by atoms with van der Waals surface area (Å²) in [4.78, 5) is 14.1. The van der Waals surface area contributed by atoms with E-state index in [1.807, 2.05) is 5.01 Å². The molecule has 18 heavy (non-hydrogen) atoms. The normalized spacial score (nSPS) is 17.3. The van der Waals surface area contributed by atoms with Crippen LogP contribution in [0.25, 0.3) is 0 Å². The van der Waals surface area contributed by atoms with Gasteiger partial charge in [-0.1, -0.05) is 11.6 Å². The third-order valence-electron chi connectivity index (χ3n) is 2.95. The Kier molecular flexibility index (Phi) is 4.33. The number of benzene rings is 1. The molecule has 0 bridgehead atoms. The van der Waals surface area contributed by atoms with Crippen molar-refractivity contribution in [3.63, 3.8) is 0 Å². The number of carbonyl (C=O) groups is 1. The molecular weight excluding hydrogens is 250 g/mol. The average molecular weight is 266 g/mol. The van der Waals surface area contributed by atoms with Crippen LogP contribution in [0.2, 0.25) is 5.02 Å². The highest BCUT2D eigenvalue weighted by molar-refractivity contribution is 6.35. The first-order chi connectivity index (χ1) is 8.65. The number of nitrogens with zero attached hydrogens (tertiary/aromatic N) is 3. The Bertz CT molecular complexity index is 436. The first-order valence-corrected chi connectivity index (χ1v) is 6.30. The van der Waals surface area contributed by atoms with Crippen molar-refractivity contribution in [3.8, 4) is 0 Å². The van der Waals surface area contributed by atoms with Crippen LogP contribution in [0.5, 0.6) is 0 Å². The number of hydrogen-bond acceptors (Lipinski definition) is 4. The van der Waals surface area contributed by atoms with E-state index in [-0.39, 0.29) is 5.78 Å². The van der Waals surface area contributed by atoms with Gasteiger partial charge in [0.05, 0.1) is 6.21 Å². The molecule has 0 aromatic heterocycles. The van der Waals surface area contributed by atoms with Crippen LogP contribution in [0.4, 0.5) is 0 Å². The topological polar surface area (TPSA) is 35.9 Å². The van der Waals surface area contributed by atoms with Gasteiger partial charge >= 0.3 is 0 Å². The Hall–Kier alpha value is -1.39. The van der Waals surface area contributed by atoms with Crippen LogP contribution in [-0.4, -0.2) is 55.1 Å². The Morgan fingerprint density at radius 1 is 1.22 bits per heavy atom. The van der Waals surface area contributed by atoms with Crippen molar-refractivity contribution in [1.29, 1.82) is 0 Å². The van der Waals surface area contributed by atoms with Crippen molar-refractivity contribution >= 4 is 23.6 Å². The minimum atomic E-state index is -0.0920. The van der Waals surface area contributed by atoms with Crippen LogP contribution >= 0.6 is 11.6 Å². The van der Waals surface area contributed by atoms with E-state index in [0.717, 1.165) is 26.2 Å². The SMILES string of the molecule is CN1CCN(/N=C\C(=O)c2ccc(Cl)cc2)CC1. The molecule has 0 atom stereocenters. The summed E-state index contributed by atoms with van der Waals surface area (Å²) >= 11 is 5.77. The molecule has 4 nitrogen and oxygen atoms in total. The lowest BCUT2D eigenvalue weighted by Gasteiger charge is -2.30. The van der Waals surface area contributed by atoms with E-state index in [1.165, 1.54) is 6.21 Å². The molecule has 0 amide bonds. The minimum Gasteiger partial charge on any atom is -0.303 e. The van der Waals surface area contributed by atoms with Crippen molar-refractivity contribution in [3.05, 3.63) is 34.9 Å². The fourth-order valence-corrected chi connectivity index (χ4v) is 1.86. The standard InChI is InChI=1S/C13H16ClN3O/c1-16-6-8-17(9-7-16)15-10-13(18)11-2-4-12(14)5-3-11/h2-5,10H,6-9H2,1H3/b15-10-. The number of Topliss-reactive ketones (excluding diaryl/α,β-unsaturated/α-hetero) is 1. The highest BCUT2D eigenvalue weighted by Gasteiger charge is 2.11. The van der Waals surface area contributed by atoms with Crippen molar-refractivity contribution in [2.45, 2.75) is 0 Å². The highest BCUT2D eigenvalue weighted by Crippen LogP contribution is 2.09. The van der Waals surface area contributed by atoms with E-state index >= 15 is 0 Å². The Morgan fingerprint density at radius 2 is 1.83 bits per heavy atom. The first-order valence-electron chi connectivity index (χ1n) is 5.92. The molecule has 0 radical (unpaired) electrons. The quantitative estimate of drug-likeness (QED) is 0.617. The monoisotopic (exact) mass is 265 g/mol. The Labute approximate surface area is 112 Å². The molecule has 1 aromatic rings. The molecule has 96 valence electrons. The van der Waals surface area contributed by atoms with E-state index in [9.17, 15) is 4.79 Å². The Balaban J connectivity index is 1.92. The molecule has 0 aliphatic carbocycles. The molecule has 1 aliphatic heterocycles. The minimum absolute atomic E-state index is 0.0920. The van der Waals surface area contributed by atoms with Gasteiger partial charge in [-0.2, -0.15) is 5.10 Å². The third-order valence-corrected chi connectivity index (χ3v) is 3.20. The lowest BCUT2D eigenvalue weighted by molar-refractivity contribution is 0.106. The van der Waals surface area contributed by atoms with Gasteiger partial charge in [0.2, 0.25) is 5.78 Å². The fourth-order valence-electron chi connectivity index (χ4n) is 1.73. The number of rotatable bonds is 3. The third kappa shape index (κ3) is 3.55. The molecule has 0 N–H and O–H groups in total. The van der Waals surface area contributed by atoms with Crippen LogP contribution in [0.1, 0.15) is 10.4 Å². The van der Waals surface area contributed by atoms with E-state index in [1.54, 1.807) is 24.3 Å². The van der Waals surface area contributed by atoms with E-state index in [4.69, 9.17) is 11.6 Å². The summed E-state index contributed by atoms with van der Waals surface area (Å²) in [5, 5.41) is 6.77. The lowest BCUT2D eigenvalue weighted by Crippen LogP contribution is -2.41. The van der Waals surface area contributed by atoms with Gasteiger partial charge in [-0.3, -0.25) is 9.80 Å². The van der Waals surface area contributed by atoms with Gasteiger partial charge in [0.15, 0.2) is 0 Å². The van der Waals surface area contributed by atoms with Crippen LogP contribution < -0.4 is 0 Å². The Morgan fingerprint density at radius 3 is 2.44 bits per heavy atom. The zero-order chi connectivity index (χ0) is 13.0. The van der Waals surface area contributed by atoms with Crippen LogP contribution in [-0.2, 0) is 0 Å². The summed E-state index contributed by atoms with van der Waals surface area (Å²) in [6.45, 7) is 3.68. The molecule has 1 fully saturated rings. The van der Waals surface area contributed by atoms with Gasteiger partial charge in [0.1, 0.15) is 0 Å². The van der Waals surface area contributed by atoms with Crippen LogP contribution in [0.3, 0.4) is 0 Å². The predicted octanol–water partition coefficient (Wildman–Crippen LogP) is 1.76. The lowest BCUT2D eigenvalue weighted by atomic mass is 10.1. The number of halogens is 1. The number of hydrazone groups is 1. The predicted molar refractivity (Wildman–Crippen MR) is 73.3 cm³/mol. The molecule has 2 rings (SSSR count). The van der Waals surface area contributed by atoms with Gasteiger partial charge in [-0.15, -0.1) is 0 Å². The van der Waals surface area contributed by atoms with E-state index in [2.05, 4.69) is 17.0 Å². The van der Waals surface area contributed by atoms with E-state index in [0.29, 0.717) is 10.6 Å². The zero-order valence-electron chi connectivity index (χ0n) is 10.3. The van der Waals surface area contributed by atoms with Gasteiger partial charge in [0, 0.05) is 36.8 Å². The molecule has 1 saturated heterocycles. The fraction of sp³-hybridized carbons (Fsp3) is 0.385. The summed E-state index contributed by atoms with van der Waals surface area (Å²) in [5.74, 6) is -0.0920.